The number of nitrogens with one attached hydrogen (secondary N) is 1. The van der Waals surface area contributed by atoms with Gasteiger partial charge in [0.25, 0.3) is 5.91 Å². The van der Waals surface area contributed by atoms with E-state index in [0.29, 0.717) is 23.9 Å². The zero-order valence-electron chi connectivity index (χ0n) is 22.3. The fraction of sp³-hybridized carbons (Fsp3) is 0.312. The van der Waals surface area contributed by atoms with Crippen molar-refractivity contribution in [2.24, 2.45) is 0 Å². The molecule has 4 aromatic rings. The molecule has 0 radical (unpaired) electrons. The van der Waals surface area contributed by atoms with Crippen molar-refractivity contribution in [2.45, 2.75) is 45.1 Å². The fourth-order valence-corrected chi connectivity index (χ4v) is 4.61. The number of hydrogen-bond donors (Lipinski definition) is 1. The molecule has 0 saturated carbocycles. The molecular weight excluding hydrogens is 510 g/mol. The molecule has 1 amide bonds. The highest BCUT2D eigenvalue weighted by molar-refractivity contribution is 6.30. The van der Waals surface area contributed by atoms with Crippen molar-refractivity contribution in [3.8, 4) is 11.5 Å². The molecule has 0 aliphatic rings. The minimum atomic E-state index is -0.124. The number of hydrogen-bond acceptors (Lipinski definition) is 4. The van der Waals surface area contributed by atoms with Gasteiger partial charge in [-0.05, 0) is 73.7 Å². The predicted octanol–water partition coefficient (Wildman–Crippen LogP) is 6.80. The average molecular weight is 546 g/mol. The number of carbonyl (C=O) groups is 1. The molecule has 0 atom stereocenters. The molecular formula is C32H36ClN3O3. The maximum atomic E-state index is 12.1. The maximum Gasteiger partial charge on any atom is 0.257 e. The second-order valence-electron chi connectivity index (χ2n) is 9.37. The Morgan fingerprint density at radius 1 is 0.949 bits per heavy atom. The number of amides is 1. The standard InChI is InChI=1S/C32H36ClN3O3/c1-2-11-25-12-5-8-15-30(25)38-23-10-22-36-29-14-7-6-13-28(29)35-31(36)16-4-3-9-21-34-32(37)24-39-27-19-17-26(33)18-20-27/h2,5-8,12-15,17-20H,1,3-4,9-11,16,21-24H2,(H,34,37). The third-order valence-electron chi connectivity index (χ3n) is 6.44. The van der Waals surface area contributed by atoms with E-state index in [1.165, 1.54) is 0 Å². The van der Waals surface area contributed by atoms with Gasteiger partial charge in [0.05, 0.1) is 17.6 Å². The van der Waals surface area contributed by atoms with Crippen LogP contribution in [0.4, 0.5) is 0 Å². The number of allylic oxidation sites excluding steroid dienone is 1. The summed E-state index contributed by atoms with van der Waals surface area (Å²) in [5.41, 5.74) is 3.34. The van der Waals surface area contributed by atoms with Gasteiger partial charge in [-0.3, -0.25) is 4.79 Å². The van der Waals surface area contributed by atoms with Crippen LogP contribution in [0.1, 0.15) is 37.1 Å². The smallest absolute Gasteiger partial charge is 0.257 e. The summed E-state index contributed by atoms with van der Waals surface area (Å²) in [4.78, 5) is 17.0. The Morgan fingerprint density at radius 2 is 1.74 bits per heavy atom. The van der Waals surface area contributed by atoms with E-state index in [0.717, 1.165) is 73.2 Å². The van der Waals surface area contributed by atoms with Crippen molar-refractivity contribution < 1.29 is 14.3 Å². The number of para-hydroxylation sites is 3. The van der Waals surface area contributed by atoms with Crippen LogP contribution in [-0.2, 0) is 24.2 Å². The molecule has 39 heavy (non-hydrogen) atoms. The number of aryl methyl sites for hydroxylation is 2. The summed E-state index contributed by atoms with van der Waals surface area (Å²) in [5, 5.41) is 3.56. The summed E-state index contributed by atoms with van der Waals surface area (Å²) in [6.07, 6.45) is 7.40. The van der Waals surface area contributed by atoms with Gasteiger partial charge in [-0.15, -0.1) is 6.58 Å². The van der Waals surface area contributed by atoms with Gasteiger partial charge in [0.2, 0.25) is 0 Å². The summed E-state index contributed by atoms with van der Waals surface area (Å²) >= 11 is 5.87. The highest BCUT2D eigenvalue weighted by atomic mass is 35.5. The highest BCUT2D eigenvalue weighted by Gasteiger charge is 2.11. The number of nitrogens with zero attached hydrogens (tertiary/aromatic N) is 2. The normalized spacial score (nSPS) is 10.9. The zero-order chi connectivity index (χ0) is 27.3. The number of imidazole rings is 1. The lowest BCUT2D eigenvalue weighted by molar-refractivity contribution is -0.123. The van der Waals surface area contributed by atoms with E-state index >= 15 is 0 Å². The quantitative estimate of drug-likeness (QED) is 0.124. The van der Waals surface area contributed by atoms with Gasteiger partial charge in [-0.25, -0.2) is 4.98 Å². The Balaban J connectivity index is 1.20. The summed E-state index contributed by atoms with van der Waals surface area (Å²) in [5.74, 6) is 2.53. The first-order chi connectivity index (χ1) is 19.1. The highest BCUT2D eigenvalue weighted by Crippen LogP contribution is 2.21. The third-order valence-corrected chi connectivity index (χ3v) is 6.69. The van der Waals surface area contributed by atoms with Crippen LogP contribution in [0.15, 0.2) is 85.5 Å². The molecule has 1 aromatic heterocycles. The van der Waals surface area contributed by atoms with Crippen LogP contribution in [0.3, 0.4) is 0 Å². The van der Waals surface area contributed by atoms with Crippen LogP contribution < -0.4 is 14.8 Å². The Morgan fingerprint density at radius 3 is 2.59 bits per heavy atom. The zero-order valence-corrected chi connectivity index (χ0v) is 23.0. The number of rotatable bonds is 16. The number of halogens is 1. The van der Waals surface area contributed by atoms with Crippen LogP contribution in [0.25, 0.3) is 11.0 Å². The molecule has 1 heterocycles. The summed E-state index contributed by atoms with van der Waals surface area (Å²) in [6.45, 7) is 5.96. The lowest BCUT2D eigenvalue weighted by Crippen LogP contribution is -2.29. The minimum absolute atomic E-state index is 0.00475. The average Bonchev–Trinajstić information content (AvgIpc) is 3.31. The van der Waals surface area contributed by atoms with Crippen molar-refractivity contribution >= 4 is 28.5 Å². The van der Waals surface area contributed by atoms with E-state index in [4.69, 9.17) is 26.1 Å². The Labute approximate surface area is 235 Å². The molecule has 204 valence electrons. The molecule has 0 spiro atoms. The van der Waals surface area contributed by atoms with E-state index < -0.39 is 0 Å². The Kier molecular flexibility index (Phi) is 10.8. The van der Waals surface area contributed by atoms with Crippen molar-refractivity contribution in [3.63, 3.8) is 0 Å². The molecule has 6 nitrogen and oxygen atoms in total. The molecule has 0 fully saturated rings. The van der Waals surface area contributed by atoms with E-state index in [-0.39, 0.29) is 12.5 Å². The van der Waals surface area contributed by atoms with Gasteiger partial charge < -0.3 is 19.4 Å². The monoisotopic (exact) mass is 545 g/mol. The van der Waals surface area contributed by atoms with Crippen LogP contribution in [0.2, 0.25) is 5.02 Å². The number of ether oxygens (including phenoxy) is 2. The van der Waals surface area contributed by atoms with Gasteiger partial charge in [-0.1, -0.05) is 54.4 Å². The number of aromatic nitrogens is 2. The Bertz CT molecular complexity index is 1350. The van der Waals surface area contributed by atoms with Gasteiger partial charge in [-0.2, -0.15) is 0 Å². The van der Waals surface area contributed by atoms with Crippen LogP contribution in [0.5, 0.6) is 11.5 Å². The van der Waals surface area contributed by atoms with Crippen LogP contribution in [0, 0.1) is 0 Å². The van der Waals surface area contributed by atoms with Crippen molar-refractivity contribution in [1.82, 2.24) is 14.9 Å². The molecule has 0 saturated heterocycles. The second kappa shape index (κ2) is 15.0. The first kappa shape index (κ1) is 28.2. The number of benzene rings is 3. The largest absolute Gasteiger partial charge is 0.493 e. The fourth-order valence-electron chi connectivity index (χ4n) is 4.48. The topological polar surface area (TPSA) is 65.4 Å². The first-order valence-corrected chi connectivity index (χ1v) is 13.9. The molecule has 3 aromatic carbocycles. The van der Waals surface area contributed by atoms with Crippen molar-refractivity contribution in [3.05, 3.63) is 102 Å². The van der Waals surface area contributed by atoms with E-state index in [9.17, 15) is 4.79 Å². The first-order valence-electron chi connectivity index (χ1n) is 13.5. The molecule has 0 unspecified atom stereocenters. The van der Waals surface area contributed by atoms with E-state index in [1.807, 2.05) is 30.3 Å². The predicted molar refractivity (Wildman–Crippen MR) is 158 cm³/mol. The molecule has 4 rings (SSSR count). The summed E-state index contributed by atoms with van der Waals surface area (Å²) in [6, 6.07) is 23.4. The SMILES string of the molecule is C=CCc1ccccc1OCCCn1c(CCCCCNC(=O)COc2ccc(Cl)cc2)nc2ccccc21. The number of fused-ring (bicyclic) bond motifs is 1. The Hall–Kier alpha value is -3.77. The van der Waals surface area contributed by atoms with E-state index in [1.54, 1.807) is 24.3 Å². The van der Waals surface area contributed by atoms with Crippen LogP contribution in [-0.4, -0.2) is 35.2 Å². The molecule has 0 bridgehead atoms. The maximum absolute atomic E-state index is 12.1. The lowest BCUT2D eigenvalue weighted by atomic mass is 10.1. The molecule has 7 heteroatoms. The van der Waals surface area contributed by atoms with Gasteiger partial charge in [0.15, 0.2) is 6.61 Å². The van der Waals surface area contributed by atoms with Crippen molar-refractivity contribution in [2.75, 3.05) is 19.8 Å². The molecule has 1 N–H and O–H groups in total. The van der Waals surface area contributed by atoms with Gasteiger partial charge >= 0.3 is 0 Å². The molecule has 0 aliphatic heterocycles. The number of unbranched alkanes of at least 4 members (excludes halogenated alkanes) is 2. The van der Waals surface area contributed by atoms with Gasteiger partial charge in [0.1, 0.15) is 17.3 Å². The van der Waals surface area contributed by atoms with E-state index in [2.05, 4.69) is 40.7 Å². The number of carbonyl (C=O) groups excluding carboxylic acids is 1. The lowest BCUT2D eigenvalue weighted by Gasteiger charge is -2.12. The molecule has 0 aliphatic carbocycles. The minimum Gasteiger partial charge on any atom is -0.493 e. The summed E-state index contributed by atoms with van der Waals surface area (Å²) in [7, 11) is 0. The van der Waals surface area contributed by atoms with Gasteiger partial charge in [0, 0.05) is 24.5 Å². The van der Waals surface area contributed by atoms with Crippen LogP contribution >= 0.6 is 11.6 Å². The summed E-state index contributed by atoms with van der Waals surface area (Å²) < 4.78 is 13.9. The second-order valence-corrected chi connectivity index (χ2v) is 9.81. The van der Waals surface area contributed by atoms with Crippen molar-refractivity contribution in [1.29, 1.82) is 0 Å². The third kappa shape index (κ3) is 8.62.